The molecule has 13 heteroatoms. The van der Waals surface area contributed by atoms with Crippen LogP contribution in [0, 0.1) is 11.7 Å². The first-order valence-corrected chi connectivity index (χ1v) is 14.9. The molecule has 5 rings (SSSR count). The minimum Gasteiger partial charge on any atom is -0.480 e. The molecule has 2 saturated heterocycles. The van der Waals surface area contributed by atoms with Crippen LogP contribution in [0.1, 0.15) is 31.2 Å². The van der Waals surface area contributed by atoms with Gasteiger partial charge < -0.3 is 20.6 Å². The standard InChI is InChI=1S/C25H28FN5O5S2/c26-19-13-18-16(3-6-28-22(18)27)11-17(19)12-20(24(33)34)31-9-4-15(23(31)32)5-10-38(35,36)21-14-29-25(37-21)30-7-1-2-8-30/h3,6,11,13-15,20H,1-2,4-5,7-10,12H2,(H2,27,28)(H,33,34)/t15-,20-/m1/s1. The van der Waals surface area contributed by atoms with Crippen molar-refractivity contribution in [3.8, 4) is 0 Å². The predicted molar refractivity (Wildman–Crippen MR) is 141 cm³/mol. The van der Waals surface area contributed by atoms with Crippen LogP contribution in [0.15, 0.2) is 34.8 Å². The highest BCUT2D eigenvalue weighted by atomic mass is 32.2. The molecule has 3 aromatic rings. The fraction of sp³-hybridized carbons (Fsp3) is 0.440. The van der Waals surface area contributed by atoms with Gasteiger partial charge in [0, 0.05) is 43.6 Å². The van der Waals surface area contributed by atoms with Gasteiger partial charge in [0.05, 0.1) is 11.9 Å². The first-order valence-electron chi connectivity index (χ1n) is 12.4. The minimum absolute atomic E-state index is 0.0809. The SMILES string of the molecule is Nc1nccc2cc(C[C@H](C(=O)O)N3CC[C@H](CCS(=O)(=O)c4cnc(N5CCCC5)s4)C3=O)c(F)cc12. The van der Waals surface area contributed by atoms with Crippen molar-refractivity contribution in [3.63, 3.8) is 0 Å². The molecule has 2 atom stereocenters. The Labute approximate surface area is 223 Å². The molecule has 2 fully saturated rings. The van der Waals surface area contributed by atoms with Gasteiger partial charge in [-0.1, -0.05) is 11.3 Å². The van der Waals surface area contributed by atoms with E-state index in [1.807, 2.05) is 0 Å². The van der Waals surface area contributed by atoms with Gasteiger partial charge in [-0.15, -0.1) is 0 Å². The monoisotopic (exact) mass is 561 g/mol. The van der Waals surface area contributed by atoms with Crippen LogP contribution in [0.4, 0.5) is 15.3 Å². The number of nitrogens with zero attached hydrogens (tertiary/aromatic N) is 4. The van der Waals surface area contributed by atoms with Crippen molar-refractivity contribution in [2.75, 3.05) is 36.0 Å². The third kappa shape index (κ3) is 5.17. The maximum Gasteiger partial charge on any atom is 0.326 e. The zero-order valence-corrected chi connectivity index (χ0v) is 22.2. The van der Waals surface area contributed by atoms with Crippen molar-refractivity contribution < 1.29 is 27.5 Å². The van der Waals surface area contributed by atoms with Gasteiger partial charge >= 0.3 is 5.97 Å². The van der Waals surface area contributed by atoms with Gasteiger partial charge in [-0.05, 0) is 54.8 Å². The zero-order chi connectivity index (χ0) is 27.0. The highest BCUT2D eigenvalue weighted by molar-refractivity contribution is 7.93. The number of hydrogen-bond donors (Lipinski definition) is 2. The number of nitrogen functional groups attached to an aromatic ring is 1. The predicted octanol–water partition coefficient (Wildman–Crippen LogP) is 2.72. The molecule has 38 heavy (non-hydrogen) atoms. The van der Waals surface area contributed by atoms with E-state index < -0.39 is 39.5 Å². The Morgan fingerprint density at radius 3 is 2.74 bits per heavy atom. The topological polar surface area (TPSA) is 147 Å². The highest BCUT2D eigenvalue weighted by Crippen LogP contribution is 2.32. The number of anilines is 2. The summed E-state index contributed by atoms with van der Waals surface area (Å²) in [6, 6.07) is 3.12. The molecule has 0 unspecified atom stereocenters. The number of carboxylic acids is 1. The number of aliphatic carboxylic acids is 1. The van der Waals surface area contributed by atoms with Crippen molar-refractivity contribution in [3.05, 3.63) is 42.0 Å². The molecular weight excluding hydrogens is 533 g/mol. The van der Waals surface area contributed by atoms with Crippen molar-refractivity contribution in [1.82, 2.24) is 14.9 Å². The number of likely N-dealkylation sites (tertiary alicyclic amines) is 1. The Morgan fingerprint density at radius 2 is 2.00 bits per heavy atom. The fourth-order valence-electron chi connectivity index (χ4n) is 5.15. The van der Waals surface area contributed by atoms with Gasteiger partial charge in [-0.3, -0.25) is 4.79 Å². The number of carbonyl (C=O) groups excluding carboxylic acids is 1. The van der Waals surface area contributed by atoms with Gasteiger partial charge in [0.15, 0.2) is 15.0 Å². The van der Waals surface area contributed by atoms with Gasteiger partial charge in [0.25, 0.3) is 0 Å². The number of thiazole rings is 1. The Balaban J connectivity index is 1.26. The van der Waals surface area contributed by atoms with E-state index in [9.17, 15) is 27.5 Å². The summed E-state index contributed by atoms with van der Waals surface area (Å²) in [5.41, 5.74) is 5.96. The Bertz CT molecular complexity index is 1490. The van der Waals surface area contributed by atoms with Crippen LogP contribution in [0.5, 0.6) is 0 Å². The van der Waals surface area contributed by atoms with Crippen LogP contribution in [0.2, 0.25) is 0 Å². The fourth-order valence-corrected chi connectivity index (χ4v) is 7.84. The number of benzene rings is 1. The summed E-state index contributed by atoms with van der Waals surface area (Å²) in [4.78, 5) is 36.8. The van der Waals surface area contributed by atoms with Crippen LogP contribution < -0.4 is 10.6 Å². The van der Waals surface area contributed by atoms with E-state index in [2.05, 4.69) is 14.9 Å². The van der Waals surface area contributed by atoms with Gasteiger partial charge in [0.2, 0.25) is 5.91 Å². The summed E-state index contributed by atoms with van der Waals surface area (Å²) < 4.78 is 40.9. The van der Waals surface area contributed by atoms with Crippen LogP contribution in [-0.4, -0.2) is 71.7 Å². The van der Waals surface area contributed by atoms with Crippen LogP contribution >= 0.6 is 11.3 Å². The molecule has 3 N–H and O–H groups in total. The summed E-state index contributed by atoms with van der Waals surface area (Å²) >= 11 is 1.14. The second-order valence-electron chi connectivity index (χ2n) is 9.70. The summed E-state index contributed by atoms with van der Waals surface area (Å²) in [5.74, 6) is -2.99. The molecule has 4 heterocycles. The highest BCUT2D eigenvalue weighted by Gasteiger charge is 2.40. The van der Waals surface area contributed by atoms with Gasteiger partial charge in [0.1, 0.15) is 21.9 Å². The maximum absolute atomic E-state index is 14.8. The Kier molecular flexibility index (Phi) is 7.23. The van der Waals surface area contributed by atoms with E-state index in [1.54, 1.807) is 6.07 Å². The van der Waals surface area contributed by atoms with E-state index >= 15 is 0 Å². The molecular formula is C25H28FN5O5S2. The quantitative estimate of drug-likeness (QED) is 0.402. The summed E-state index contributed by atoms with van der Waals surface area (Å²) in [5, 5.41) is 11.6. The molecule has 2 aliphatic rings. The van der Waals surface area contributed by atoms with E-state index in [4.69, 9.17) is 5.73 Å². The molecule has 10 nitrogen and oxygen atoms in total. The molecule has 0 bridgehead atoms. The number of nitrogens with two attached hydrogens (primary N) is 1. The van der Waals surface area contributed by atoms with E-state index in [-0.39, 0.29) is 40.7 Å². The molecule has 1 amide bonds. The van der Waals surface area contributed by atoms with Gasteiger partial charge in [-0.2, -0.15) is 0 Å². The number of fused-ring (bicyclic) bond motifs is 1. The van der Waals surface area contributed by atoms with Crippen LogP contribution in [0.25, 0.3) is 10.8 Å². The molecule has 0 aliphatic carbocycles. The summed E-state index contributed by atoms with van der Waals surface area (Å²) in [6.07, 6.45) is 5.16. The lowest BCUT2D eigenvalue weighted by Crippen LogP contribution is -2.44. The Morgan fingerprint density at radius 1 is 1.24 bits per heavy atom. The number of carbonyl (C=O) groups is 2. The van der Waals surface area contributed by atoms with Crippen molar-refractivity contribution in [2.24, 2.45) is 5.92 Å². The lowest BCUT2D eigenvalue weighted by molar-refractivity contribution is -0.149. The minimum atomic E-state index is -3.64. The van der Waals surface area contributed by atoms with E-state index in [1.165, 1.54) is 29.4 Å². The number of carboxylic acid groups (broad SMARTS) is 1. The molecule has 1 aromatic carbocycles. The van der Waals surface area contributed by atoms with Crippen LogP contribution in [0.3, 0.4) is 0 Å². The summed E-state index contributed by atoms with van der Waals surface area (Å²) in [7, 11) is -3.64. The second kappa shape index (κ2) is 10.4. The summed E-state index contributed by atoms with van der Waals surface area (Å²) in [6.45, 7) is 1.88. The number of sulfone groups is 1. The van der Waals surface area contributed by atoms with Crippen molar-refractivity contribution in [1.29, 1.82) is 0 Å². The number of rotatable bonds is 9. The van der Waals surface area contributed by atoms with Crippen molar-refractivity contribution >= 4 is 54.8 Å². The number of halogens is 1. The smallest absolute Gasteiger partial charge is 0.326 e. The van der Waals surface area contributed by atoms with Crippen LogP contribution in [-0.2, 0) is 25.8 Å². The third-order valence-electron chi connectivity index (χ3n) is 7.28. The lowest BCUT2D eigenvalue weighted by Gasteiger charge is -2.25. The molecule has 2 aromatic heterocycles. The first-order chi connectivity index (χ1) is 18.1. The molecule has 2 aliphatic heterocycles. The second-order valence-corrected chi connectivity index (χ2v) is 13.0. The molecule has 0 spiro atoms. The third-order valence-corrected chi connectivity index (χ3v) is 10.6. The average Bonchev–Trinajstić information content (AvgIpc) is 3.64. The van der Waals surface area contributed by atoms with Crippen molar-refractivity contribution in [2.45, 2.75) is 42.4 Å². The van der Waals surface area contributed by atoms with E-state index in [0.29, 0.717) is 22.3 Å². The number of hydrogen-bond acceptors (Lipinski definition) is 9. The maximum atomic E-state index is 14.8. The number of pyridine rings is 1. The lowest BCUT2D eigenvalue weighted by atomic mass is 10.0. The van der Waals surface area contributed by atoms with Gasteiger partial charge in [-0.25, -0.2) is 27.6 Å². The Hall–Kier alpha value is -3.32. The molecule has 0 saturated carbocycles. The number of aromatic nitrogens is 2. The molecule has 0 radical (unpaired) electrons. The number of amides is 1. The first kappa shape index (κ1) is 26.3. The van der Waals surface area contributed by atoms with E-state index in [0.717, 1.165) is 37.3 Å². The average molecular weight is 562 g/mol. The zero-order valence-electron chi connectivity index (χ0n) is 20.5. The largest absolute Gasteiger partial charge is 0.480 e. The normalized spacial score (nSPS) is 19.0. The molecule has 202 valence electrons.